The van der Waals surface area contributed by atoms with E-state index >= 15 is 0 Å². The first-order valence-electron chi connectivity index (χ1n) is 6.33. The molecule has 0 saturated heterocycles. The van der Waals surface area contributed by atoms with Crippen LogP contribution in [0.5, 0.6) is 0 Å². The third kappa shape index (κ3) is 10.0. The average molecular weight is 201 g/mol. The number of hydrogen-bond donors (Lipinski definition) is 1. The van der Waals surface area contributed by atoms with Crippen LogP contribution in [0.15, 0.2) is 0 Å². The van der Waals surface area contributed by atoms with Crippen molar-refractivity contribution < 1.29 is 5.06 Å². The van der Waals surface area contributed by atoms with Gasteiger partial charge in [0.05, 0.1) is 13.1 Å². The van der Waals surface area contributed by atoms with E-state index in [1.165, 1.54) is 38.5 Å². The van der Waals surface area contributed by atoms with E-state index in [4.69, 9.17) is 0 Å². The Balaban J connectivity index is 3.07. The minimum absolute atomic E-state index is 0.484. The fraction of sp³-hybridized carbons (Fsp3) is 1.00. The minimum Gasteiger partial charge on any atom is -0.634 e. The van der Waals surface area contributed by atoms with Crippen LogP contribution in [0, 0.1) is 5.21 Å². The van der Waals surface area contributed by atoms with Crippen LogP contribution in [0.25, 0.3) is 0 Å². The van der Waals surface area contributed by atoms with Crippen molar-refractivity contribution in [2.45, 2.75) is 65.2 Å². The van der Waals surface area contributed by atoms with Crippen LogP contribution < -0.4 is 5.06 Å². The molecule has 0 aromatic carbocycles. The van der Waals surface area contributed by atoms with E-state index in [0.29, 0.717) is 5.06 Å². The second-order valence-corrected chi connectivity index (χ2v) is 4.16. The summed E-state index contributed by atoms with van der Waals surface area (Å²) in [6.45, 7) is 6.05. The van der Waals surface area contributed by atoms with Gasteiger partial charge in [0.2, 0.25) is 0 Å². The standard InChI is InChI=1S/C12H27NO/c1-3-5-7-9-11-13(14)12-10-8-6-4-2/h13H,3-12H2,1-2H3. The van der Waals surface area contributed by atoms with Crippen molar-refractivity contribution in [1.82, 2.24) is 0 Å². The van der Waals surface area contributed by atoms with Crippen molar-refractivity contribution >= 4 is 0 Å². The molecule has 2 heteroatoms. The molecule has 0 spiro atoms. The Morgan fingerprint density at radius 2 is 1.14 bits per heavy atom. The van der Waals surface area contributed by atoms with E-state index in [2.05, 4.69) is 13.8 Å². The Labute approximate surface area is 89.3 Å². The molecular formula is C12H27NO. The number of quaternary nitrogens is 1. The second kappa shape index (κ2) is 11.0. The molecule has 1 N–H and O–H groups in total. The molecule has 0 atom stereocenters. The predicted octanol–water partition coefficient (Wildman–Crippen LogP) is 2.53. The molecular weight excluding hydrogens is 174 g/mol. The van der Waals surface area contributed by atoms with Gasteiger partial charge < -0.3 is 10.3 Å². The molecule has 86 valence electrons. The first-order chi connectivity index (χ1) is 6.81. The first-order valence-corrected chi connectivity index (χ1v) is 6.33. The molecule has 14 heavy (non-hydrogen) atoms. The number of nitrogens with one attached hydrogen (secondary N) is 1. The average Bonchev–Trinajstić information content (AvgIpc) is 2.19. The third-order valence-corrected chi connectivity index (χ3v) is 2.62. The molecule has 0 radical (unpaired) electrons. The van der Waals surface area contributed by atoms with Gasteiger partial charge in [0.25, 0.3) is 0 Å². The predicted molar refractivity (Wildman–Crippen MR) is 62.3 cm³/mol. The largest absolute Gasteiger partial charge is 0.634 e. The van der Waals surface area contributed by atoms with Gasteiger partial charge in [-0.3, -0.25) is 0 Å². The topological polar surface area (TPSA) is 27.5 Å². The van der Waals surface area contributed by atoms with Gasteiger partial charge in [-0.1, -0.05) is 39.5 Å². The van der Waals surface area contributed by atoms with Crippen molar-refractivity contribution in [3.63, 3.8) is 0 Å². The van der Waals surface area contributed by atoms with Crippen LogP contribution in [0.1, 0.15) is 65.2 Å². The molecule has 0 aliphatic carbocycles. The summed E-state index contributed by atoms with van der Waals surface area (Å²) in [4.78, 5) is 0. The molecule has 0 unspecified atom stereocenters. The van der Waals surface area contributed by atoms with Gasteiger partial charge in [-0.2, -0.15) is 0 Å². The highest BCUT2D eigenvalue weighted by molar-refractivity contribution is 4.41. The van der Waals surface area contributed by atoms with Crippen LogP contribution in [0.3, 0.4) is 0 Å². The summed E-state index contributed by atoms with van der Waals surface area (Å²) >= 11 is 0. The summed E-state index contributed by atoms with van der Waals surface area (Å²) in [6, 6.07) is 0. The molecule has 0 fully saturated rings. The van der Waals surface area contributed by atoms with Gasteiger partial charge in [-0.05, 0) is 25.7 Å². The maximum absolute atomic E-state index is 11.4. The number of hydrogen-bond acceptors (Lipinski definition) is 1. The summed E-state index contributed by atoms with van der Waals surface area (Å²) in [6.07, 6.45) is 9.76. The fourth-order valence-corrected chi connectivity index (χ4v) is 1.62. The summed E-state index contributed by atoms with van der Waals surface area (Å²) < 4.78 is 0. The smallest absolute Gasteiger partial charge is 0.0768 e. The number of hydroxylamine groups is 2. The van der Waals surface area contributed by atoms with Gasteiger partial charge in [0.15, 0.2) is 0 Å². The highest BCUT2D eigenvalue weighted by atomic mass is 16.5. The molecule has 0 saturated carbocycles. The fourth-order valence-electron chi connectivity index (χ4n) is 1.62. The van der Waals surface area contributed by atoms with E-state index in [0.717, 1.165) is 25.9 Å². The molecule has 0 bridgehead atoms. The highest BCUT2D eigenvalue weighted by Gasteiger charge is 1.97. The normalized spacial score (nSPS) is 11.1. The molecule has 0 aromatic rings. The number of unbranched alkanes of at least 4 members (excludes halogenated alkanes) is 6. The Hall–Kier alpha value is -0.0800. The van der Waals surface area contributed by atoms with Gasteiger partial charge in [0, 0.05) is 0 Å². The van der Waals surface area contributed by atoms with E-state index in [1.807, 2.05) is 0 Å². The van der Waals surface area contributed by atoms with E-state index in [1.54, 1.807) is 0 Å². The SMILES string of the molecule is CCCCCC[NH+]([O-])CCCCCC. The zero-order valence-corrected chi connectivity index (χ0v) is 9.98. The van der Waals surface area contributed by atoms with Crippen molar-refractivity contribution in [2.24, 2.45) is 0 Å². The summed E-state index contributed by atoms with van der Waals surface area (Å²) in [5.74, 6) is 0. The Bertz CT molecular complexity index is 94.5. The third-order valence-electron chi connectivity index (χ3n) is 2.62. The highest BCUT2D eigenvalue weighted by Crippen LogP contribution is 1.97. The summed E-state index contributed by atoms with van der Waals surface area (Å²) in [5, 5.41) is 11.9. The molecule has 0 aliphatic heterocycles. The number of rotatable bonds is 10. The van der Waals surface area contributed by atoms with Crippen LogP contribution in [-0.4, -0.2) is 13.1 Å². The molecule has 2 nitrogen and oxygen atoms in total. The van der Waals surface area contributed by atoms with Gasteiger partial charge in [-0.15, -0.1) is 0 Å². The van der Waals surface area contributed by atoms with E-state index in [-0.39, 0.29) is 0 Å². The van der Waals surface area contributed by atoms with E-state index < -0.39 is 0 Å². The Kier molecular flexibility index (Phi) is 10.9. The Morgan fingerprint density at radius 3 is 1.50 bits per heavy atom. The van der Waals surface area contributed by atoms with E-state index in [9.17, 15) is 5.21 Å². The maximum atomic E-state index is 11.4. The van der Waals surface area contributed by atoms with Crippen LogP contribution >= 0.6 is 0 Å². The minimum atomic E-state index is 0.484. The summed E-state index contributed by atoms with van der Waals surface area (Å²) in [7, 11) is 0. The summed E-state index contributed by atoms with van der Waals surface area (Å²) in [5.41, 5.74) is 0. The second-order valence-electron chi connectivity index (χ2n) is 4.16. The van der Waals surface area contributed by atoms with Crippen molar-refractivity contribution in [2.75, 3.05) is 13.1 Å². The van der Waals surface area contributed by atoms with Gasteiger partial charge in [-0.25, -0.2) is 0 Å². The van der Waals surface area contributed by atoms with Gasteiger partial charge >= 0.3 is 0 Å². The molecule has 0 aliphatic rings. The molecule has 0 heterocycles. The lowest BCUT2D eigenvalue weighted by Crippen LogP contribution is -3.07. The zero-order chi connectivity index (χ0) is 10.6. The van der Waals surface area contributed by atoms with Crippen molar-refractivity contribution in [3.8, 4) is 0 Å². The zero-order valence-electron chi connectivity index (χ0n) is 9.98. The molecule has 0 amide bonds. The monoisotopic (exact) mass is 201 g/mol. The molecule has 0 rings (SSSR count). The van der Waals surface area contributed by atoms with Crippen LogP contribution in [-0.2, 0) is 0 Å². The van der Waals surface area contributed by atoms with Crippen molar-refractivity contribution in [3.05, 3.63) is 5.21 Å². The maximum Gasteiger partial charge on any atom is 0.0768 e. The Morgan fingerprint density at radius 1 is 0.714 bits per heavy atom. The first kappa shape index (κ1) is 13.9. The lowest BCUT2D eigenvalue weighted by molar-refractivity contribution is -0.848. The lowest BCUT2D eigenvalue weighted by atomic mass is 10.2. The quantitative estimate of drug-likeness (QED) is 0.427. The lowest BCUT2D eigenvalue weighted by Gasteiger charge is -2.22. The molecule has 0 aromatic heterocycles. The van der Waals surface area contributed by atoms with Crippen LogP contribution in [0.2, 0.25) is 0 Å². The van der Waals surface area contributed by atoms with Crippen LogP contribution in [0.4, 0.5) is 0 Å². The van der Waals surface area contributed by atoms with Gasteiger partial charge in [0.1, 0.15) is 0 Å². The van der Waals surface area contributed by atoms with Crippen molar-refractivity contribution in [1.29, 1.82) is 0 Å².